The lowest BCUT2D eigenvalue weighted by Crippen LogP contribution is -2.34. The molecule has 1 rings (SSSR count). The Morgan fingerprint density at radius 3 is 2.10 bits per heavy atom. The van der Waals surface area contributed by atoms with E-state index in [-0.39, 0.29) is 23.8 Å². The van der Waals surface area contributed by atoms with Crippen LogP contribution in [0.1, 0.15) is 59.3 Å². The van der Waals surface area contributed by atoms with Crippen LogP contribution in [0.3, 0.4) is 0 Å². The fourth-order valence-corrected chi connectivity index (χ4v) is 2.42. The van der Waals surface area contributed by atoms with Crippen LogP contribution in [-0.2, 0) is 19.1 Å². The Bertz CT molecular complexity index is 373. The van der Waals surface area contributed by atoms with E-state index in [4.69, 9.17) is 9.47 Å². The Kier molecular flexibility index (Phi) is 8.09. The molecule has 0 amide bonds. The van der Waals surface area contributed by atoms with Gasteiger partial charge in [0, 0.05) is 0 Å². The highest BCUT2D eigenvalue weighted by molar-refractivity contribution is 5.83. The number of esters is 2. The Balaban J connectivity index is 2.61. The van der Waals surface area contributed by atoms with Crippen molar-refractivity contribution < 1.29 is 19.1 Å². The second-order valence-corrected chi connectivity index (χ2v) is 5.75. The van der Waals surface area contributed by atoms with Crippen LogP contribution in [0, 0.1) is 11.8 Å². The van der Waals surface area contributed by atoms with Crippen molar-refractivity contribution in [3.8, 4) is 0 Å². The SMILES string of the molecule is CCCCOC(=O)C1CC=C(C)CC1C(=O)OCCCC. The number of rotatable bonds is 8. The number of allylic oxidation sites excluding steroid dienone is 2. The van der Waals surface area contributed by atoms with Gasteiger partial charge in [0.2, 0.25) is 0 Å². The van der Waals surface area contributed by atoms with Crippen LogP contribution < -0.4 is 0 Å². The lowest BCUT2D eigenvalue weighted by atomic mass is 9.80. The molecular weight excluding hydrogens is 268 g/mol. The van der Waals surface area contributed by atoms with Gasteiger partial charge < -0.3 is 9.47 Å². The molecule has 4 heteroatoms. The van der Waals surface area contributed by atoms with E-state index in [0.29, 0.717) is 26.1 Å². The first-order valence-corrected chi connectivity index (χ1v) is 8.09. The van der Waals surface area contributed by atoms with E-state index in [9.17, 15) is 9.59 Å². The van der Waals surface area contributed by atoms with Crippen molar-refractivity contribution in [2.75, 3.05) is 13.2 Å². The second kappa shape index (κ2) is 9.59. The second-order valence-electron chi connectivity index (χ2n) is 5.75. The molecule has 0 aromatic rings. The minimum Gasteiger partial charge on any atom is -0.465 e. The molecule has 2 unspecified atom stereocenters. The molecular formula is C17H28O4. The molecule has 1 aliphatic carbocycles. The monoisotopic (exact) mass is 296 g/mol. The topological polar surface area (TPSA) is 52.6 Å². The summed E-state index contributed by atoms with van der Waals surface area (Å²) in [6.45, 7) is 6.97. The van der Waals surface area contributed by atoms with Crippen molar-refractivity contribution in [1.82, 2.24) is 0 Å². The molecule has 120 valence electrons. The molecule has 4 nitrogen and oxygen atoms in total. The van der Waals surface area contributed by atoms with Crippen molar-refractivity contribution in [2.24, 2.45) is 11.8 Å². The maximum absolute atomic E-state index is 12.2. The van der Waals surface area contributed by atoms with E-state index in [1.807, 2.05) is 13.0 Å². The van der Waals surface area contributed by atoms with Crippen LogP contribution in [0.5, 0.6) is 0 Å². The summed E-state index contributed by atoms with van der Waals surface area (Å²) >= 11 is 0. The molecule has 0 saturated carbocycles. The zero-order chi connectivity index (χ0) is 15.7. The van der Waals surface area contributed by atoms with Gasteiger partial charge in [-0.15, -0.1) is 0 Å². The van der Waals surface area contributed by atoms with Gasteiger partial charge in [0.05, 0.1) is 25.0 Å². The smallest absolute Gasteiger partial charge is 0.310 e. The third kappa shape index (κ3) is 5.90. The Labute approximate surface area is 127 Å². The Hall–Kier alpha value is -1.32. The minimum absolute atomic E-state index is 0.256. The van der Waals surface area contributed by atoms with E-state index >= 15 is 0 Å². The zero-order valence-electron chi connectivity index (χ0n) is 13.5. The number of ether oxygens (including phenoxy) is 2. The van der Waals surface area contributed by atoms with Gasteiger partial charge in [-0.3, -0.25) is 9.59 Å². The summed E-state index contributed by atoms with van der Waals surface area (Å²) in [5.41, 5.74) is 1.14. The quantitative estimate of drug-likeness (QED) is 0.390. The van der Waals surface area contributed by atoms with Gasteiger partial charge in [-0.2, -0.15) is 0 Å². The lowest BCUT2D eigenvalue weighted by Gasteiger charge is -2.27. The summed E-state index contributed by atoms with van der Waals surface area (Å²) in [5.74, 6) is -1.29. The summed E-state index contributed by atoms with van der Waals surface area (Å²) in [6.07, 6.45) is 6.89. The molecule has 0 heterocycles. The molecule has 0 saturated heterocycles. The fraction of sp³-hybridized carbons (Fsp3) is 0.765. The molecule has 2 atom stereocenters. The van der Waals surface area contributed by atoms with E-state index in [1.165, 1.54) is 0 Å². The number of carbonyl (C=O) groups excluding carboxylic acids is 2. The Morgan fingerprint density at radius 2 is 1.57 bits per heavy atom. The van der Waals surface area contributed by atoms with Crippen LogP contribution in [0.15, 0.2) is 11.6 Å². The molecule has 1 aliphatic rings. The van der Waals surface area contributed by atoms with Gasteiger partial charge in [-0.1, -0.05) is 38.3 Å². The Morgan fingerprint density at radius 1 is 1.05 bits per heavy atom. The molecule has 0 bridgehead atoms. The van der Waals surface area contributed by atoms with E-state index in [2.05, 4.69) is 13.8 Å². The molecule has 21 heavy (non-hydrogen) atoms. The predicted octanol–water partition coefficient (Wildman–Crippen LogP) is 3.65. The zero-order valence-corrected chi connectivity index (χ0v) is 13.5. The van der Waals surface area contributed by atoms with Crippen molar-refractivity contribution in [1.29, 1.82) is 0 Å². The normalized spacial score (nSPS) is 21.6. The highest BCUT2D eigenvalue weighted by atomic mass is 16.5. The standard InChI is InChI=1S/C17H28O4/c1-4-6-10-20-16(18)14-9-8-13(3)12-15(14)17(19)21-11-7-5-2/h8,14-15H,4-7,9-12H2,1-3H3. The summed E-state index contributed by atoms with van der Waals surface area (Å²) in [5, 5.41) is 0. The van der Waals surface area contributed by atoms with Crippen LogP contribution in [-0.4, -0.2) is 25.2 Å². The summed E-state index contributed by atoms with van der Waals surface area (Å²) in [7, 11) is 0. The molecule has 0 aromatic heterocycles. The fourth-order valence-electron chi connectivity index (χ4n) is 2.42. The molecule has 0 N–H and O–H groups in total. The van der Waals surface area contributed by atoms with Crippen molar-refractivity contribution in [3.63, 3.8) is 0 Å². The van der Waals surface area contributed by atoms with Crippen LogP contribution in [0.2, 0.25) is 0 Å². The minimum atomic E-state index is -0.389. The average Bonchev–Trinajstić information content (AvgIpc) is 2.47. The van der Waals surface area contributed by atoms with Gasteiger partial charge in [0.25, 0.3) is 0 Å². The number of unbranched alkanes of at least 4 members (excludes halogenated alkanes) is 2. The van der Waals surface area contributed by atoms with Gasteiger partial charge in [-0.25, -0.2) is 0 Å². The number of hydrogen-bond donors (Lipinski definition) is 0. The summed E-state index contributed by atoms with van der Waals surface area (Å²) in [4.78, 5) is 24.4. The molecule has 0 aliphatic heterocycles. The van der Waals surface area contributed by atoms with Crippen molar-refractivity contribution in [2.45, 2.75) is 59.3 Å². The maximum atomic E-state index is 12.2. The first kappa shape index (κ1) is 17.7. The van der Waals surface area contributed by atoms with Crippen molar-refractivity contribution >= 4 is 11.9 Å². The molecule has 0 radical (unpaired) electrons. The van der Waals surface area contributed by atoms with E-state index in [1.54, 1.807) is 0 Å². The van der Waals surface area contributed by atoms with E-state index < -0.39 is 0 Å². The maximum Gasteiger partial charge on any atom is 0.310 e. The van der Waals surface area contributed by atoms with E-state index in [0.717, 1.165) is 31.3 Å². The first-order chi connectivity index (χ1) is 10.1. The number of carbonyl (C=O) groups is 2. The van der Waals surface area contributed by atoms with Crippen molar-refractivity contribution in [3.05, 3.63) is 11.6 Å². The van der Waals surface area contributed by atoms with Gasteiger partial charge >= 0.3 is 11.9 Å². The van der Waals surface area contributed by atoms with Crippen LogP contribution in [0.4, 0.5) is 0 Å². The highest BCUT2D eigenvalue weighted by Gasteiger charge is 2.37. The third-order valence-electron chi connectivity index (χ3n) is 3.84. The molecule has 0 fully saturated rings. The lowest BCUT2D eigenvalue weighted by molar-refractivity contribution is -0.161. The highest BCUT2D eigenvalue weighted by Crippen LogP contribution is 2.31. The van der Waals surface area contributed by atoms with Gasteiger partial charge in [0.1, 0.15) is 0 Å². The molecule has 0 spiro atoms. The average molecular weight is 296 g/mol. The first-order valence-electron chi connectivity index (χ1n) is 8.09. The van der Waals surface area contributed by atoms with Crippen LogP contribution in [0.25, 0.3) is 0 Å². The van der Waals surface area contributed by atoms with Gasteiger partial charge in [-0.05, 0) is 32.6 Å². The number of hydrogen-bond acceptors (Lipinski definition) is 4. The van der Waals surface area contributed by atoms with Gasteiger partial charge in [0.15, 0.2) is 0 Å². The molecule has 0 aromatic carbocycles. The third-order valence-corrected chi connectivity index (χ3v) is 3.84. The summed E-state index contributed by atoms with van der Waals surface area (Å²) in [6, 6.07) is 0. The van der Waals surface area contributed by atoms with Crippen LogP contribution >= 0.6 is 0 Å². The largest absolute Gasteiger partial charge is 0.465 e. The summed E-state index contributed by atoms with van der Waals surface area (Å²) < 4.78 is 10.6. The predicted molar refractivity (Wildman–Crippen MR) is 81.7 cm³/mol.